The highest BCUT2D eigenvalue weighted by Crippen LogP contribution is 2.28. The Hall–Kier alpha value is -0.870. The Morgan fingerprint density at radius 3 is 2.57 bits per heavy atom. The Labute approximate surface area is 138 Å². The lowest BCUT2D eigenvalue weighted by Gasteiger charge is -2.19. The van der Waals surface area contributed by atoms with Gasteiger partial charge in [0.15, 0.2) is 0 Å². The van der Waals surface area contributed by atoms with Crippen molar-refractivity contribution in [2.24, 2.45) is 0 Å². The Bertz CT molecular complexity index is 634. The van der Waals surface area contributed by atoms with Crippen LogP contribution in [0.25, 0.3) is 0 Å². The summed E-state index contributed by atoms with van der Waals surface area (Å²) in [5, 5.41) is 4.68. The zero-order valence-electron chi connectivity index (χ0n) is 11.3. The van der Waals surface area contributed by atoms with Crippen LogP contribution < -0.4 is 5.32 Å². The van der Waals surface area contributed by atoms with E-state index in [0.717, 1.165) is 12.1 Å². The third-order valence-corrected chi connectivity index (χ3v) is 3.92. The second kappa shape index (κ2) is 7.41. The van der Waals surface area contributed by atoms with Gasteiger partial charge >= 0.3 is 0 Å². The van der Waals surface area contributed by atoms with Crippen LogP contribution in [0.1, 0.15) is 24.2 Å². The lowest BCUT2D eigenvalue weighted by Crippen LogP contribution is -2.24. The Morgan fingerprint density at radius 1 is 1.19 bits per heavy atom. The minimum absolute atomic E-state index is 0.122. The minimum atomic E-state index is -0.355. The average molecular weight is 348 g/mol. The van der Waals surface area contributed by atoms with Crippen LogP contribution in [0, 0.1) is 5.82 Å². The van der Waals surface area contributed by atoms with E-state index >= 15 is 0 Å². The van der Waals surface area contributed by atoms with E-state index in [9.17, 15) is 4.39 Å². The number of nitrogens with zero attached hydrogens (tertiary/aromatic N) is 1. The maximum atomic E-state index is 13.1. The Morgan fingerprint density at radius 2 is 1.95 bits per heavy atom. The summed E-state index contributed by atoms with van der Waals surface area (Å²) in [5.41, 5.74) is 1.53. The molecule has 2 nitrogen and oxygen atoms in total. The number of pyridine rings is 1. The van der Waals surface area contributed by atoms with Crippen molar-refractivity contribution in [3.05, 3.63) is 62.6 Å². The second-order valence-corrected chi connectivity index (χ2v) is 5.82. The summed E-state index contributed by atoms with van der Waals surface area (Å²) in [7, 11) is 0. The van der Waals surface area contributed by atoms with Gasteiger partial charge in [-0.15, -0.1) is 0 Å². The van der Waals surface area contributed by atoms with Crippen LogP contribution in [0.2, 0.25) is 15.1 Å². The molecule has 112 valence electrons. The number of hydrogen-bond acceptors (Lipinski definition) is 2. The molecule has 2 rings (SSSR count). The van der Waals surface area contributed by atoms with Gasteiger partial charge in [0, 0.05) is 11.2 Å². The highest BCUT2D eigenvalue weighted by atomic mass is 35.5. The molecular formula is C15H14Cl3FN2. The van der Waals surface area contributed by atoms with Crippen molar-refractivity contribution in [1.29, 1.82) is 0 Å². The molecule has 1 heterocycles. The van der Waals surface area contributed by atoms with Gasteiger partial charge in [0.05, 0.1) is 21.8 Å². The molecule has 0 fully saturated rings. The standard InChI is InChI=1S/C15H14Cl3FN2/c1-2-20-14(15-13(18)6-10(16)8-21-15)5-9-3-4-11(19)7-12(9)17/h3-4,6-8,14,20H,2,5H2,1H3. The number of aromatic nitrogens is 1. The van der Waals surface area contributed by atoms with E-state index in [-0.39, 0.29) is 11.9 Å². The monoisotopic (exact) mass is 346 g/mol. The molecule has 0 aliphatic rings. The van der Waals surface area contributed by atoms with Crippen molar-refractivity contribution in [1.82, 2.24) is 10.3 Å². The fourth-order valence-corrected chi connectivity index (χ4v) is 2.86. The van der Waals surface area contributed by atoms with Gasteiger partial charge in [0.1, 0.15) is 5.82 Å². The van der Waals surface area contributed by atoms with E-state index < -0.39 is 0 Å². The molecule has 0 aliphatic heterocycles. The van der Waals surface area contributed by atoms with Crippen LogP contribution in [0.4, 0.5) is 4.39 Å². The molecule has 2 aromatic rings. The zero-order valence-corrected chi connectivity index (χ0v) is 13.6. The van der Waals surface area contributed by atoms with Gasteiger partial charge in [-0.1, -0.05) is 47.8 Å². The predicted molar refractivity (Wildman–Crippen MR) is 85.8 cm³/mol. The molecule has 0 bridgehead atoms. The quantitative estimate of drug-likeness (QED) is 0.816. The molecule has 0 aliphatic carbocycles. The zero-order chi connectivity index (χ0) is 15.4. The van der Waals surface area contributed by atoms with E-state index in [1.54, 1.807) is 18.3 Å². The first-order valence-corrected chi connectivity index (χ1v) is 7.63. The van der Waals surface area contributed by atoms with Crippen LogP contribution >= 0.6 is 34.8 Å². The molecule has 1 unspecified atom stereocenters. The normalized spacial score (nSPS) is 12.4. The first kappa shape index (κ1) is 16.5. The third kappa shape index (κ3) is 4.30. The first-order valence-electron chi connectivity index (χ1n) is 6.49. The molecule has 1 atom stereocenters. The van der Waals surface area contributed by atoms with Gasteiger partial charge in [-0.25, -0.2) is 4.39 Å². The van der Waals surface area contributed by atoms with Crippen LogP contribution in [0.5, 0.6) is 0 Å². The van der Waals surface area contributed by atoms with E-state index in [0.29, 0.717) is 27.2 Å². The molecule has 6 heteroatoms. The fourth-order valence-electron chi connectivity index (χ4n) is 2.10. The van der Waals surface area contributed by atoms with Gasteiger partial charge in [-0.05, 0) is 36.7 Å². The van der Waals surface area contributed by atoms with E-state index in [1.807, 2.05) is 6.92 Å². The lowest BCUT2D eigenvalue weighted by molar-refractivity contribution is 0.536. The summed E-state index contributed by atoms with van der Waals surface area (Å²) in [5.74, 6) is -0.355. The molecule has 1 aromatic heterocycles. The second-order valence-electron chi connectivity index (χ2n) is 4.57. The van der Waals surface area contributed by atoms with Gasteiger partial charge in [0.2, 0.25) is 0 Å². The third-order valence-electron chi connectivity index (χ3n) is 3.06. The smallest absolute Gasteiger partial charge is 0.124 e. The summed E-state index contributed by atoms with van der Waals surface area (Å²) in [6.45, 7) is 2.73. The van der Waals surface area contributed by atoms with E-state index in [4.69, 9.17) is 34.8 Å². The molecule has 0 amide bonds. The number of nitrogens with one attached hydrogen (secondary N) is 1. The Kier molecular flexibility index (Phi) is 5.82. The number of rotatable bonds is 5. The summed E-state index contributed by atoms with van der Waals surface area (Å²) >= 11 is 18.2. The molecule has 1 aromatic carbocycles. The van der Waals surface area contributed by atoms with Gasteiger partial charge in [-0.2, -0.15) is 0 Å². The Balaban J connectivity index is 2.30. The molecule has 0 saturated heterocycles. The van der Waals surface area contributed by atoms with Crippen molar-refractivity contribution in [2.45, 2.75) is 19.4 Å². The number of halogens is 4. The number of likely N-dealkylation sites (N-methyl/N-ethyl adjacent to an activating group) is 1. The maximum Gasteiger partial charge on any atom is 0.124 e. The molecular weight excluding hydrogens is 334 g/mol. The predicted octanol–water partition coefficient (Wildman–Crippen LogP) is 5.07. The van der Waals surface area contributed by atoms with E-state index in [1.165, 1.54) is 12.1 Å². The fraction of sp³-hybridized carbons (Fsp3) is 0.267. The van der Waals surface area contributed by atoms with Crippen molar-refractivity contribution < 1.29 is 4.39 Å². The SMILES string of the molecule is CCNC(Cc1ccc(F)cc1Cl)c1ncc(Cl)cc1Cl. The highest BCUT2D eigenvalue weighted by Gasteiger charge is 2.18. The number of benzene rings is 1. The molecule has 1 N–H and O–H groups in total. The largest absolute Gasteiger partial charge is 0.309 e. The summed E-state index contributed by atoms with van der Waals surface area (Å²) in [6, 6.07) is 5.90. The molecule has 21 heavy (non-hydrogen) atoms. The van der Waals surface area contributed by atoms with E-state index in [2.05, 4.69) is 10.3 Å². The van der Waals surface area contributed by atoms with Crippen LogP contribution in [0.15, 0.2) is 30.5 Å². The summed E-state index contributed by atoms with van der Waals surface area (Å²) < 4.78 is 13.1. The van der Waals surface area contributed by atoms with Crippen molar-refractivity contribution in [3.8, 4) is 0 Å². The van der Waals surface area contributed by atoms with Crippen LogP contribution in [-0.4, -0.2) is 11.5 Å². The average Bonchev–Trinajstić information content (AvgIpc) is 2.41. The highest BCUT2D eigenvalue weighted by molar-refractivity contribution is 6.34. The topological polar surface area (TPSA) is 24.9 Å². The summed E-state index contributed by atoms with van der Waals surface area (Å²) in [6.07, 6.45) is 2.11. The summed E-state index contributed by atoms with van der Waals surface area (Å²) in [4.78, 5) is 4.30. The molecule has 0 saturated carbocycles. The lowest BCUT2D eigenvalue weighted by atomic mass is 10.0. The first-order chi connectivity index (χ1) is 10.0. The maximum absolute atomic E-state index is 13.1. The van der Waals surface area contributed by atoms with Gasteiger partial charge < -0.3 is 5.32 Å². The molecule has 0 radical (unpaired) electrons. The molecule has 0 spiro atoms. The van der Waals surface area contributed by atoms with Crippen LogP contribution in [-0.2, 0) is 6.42 Å². The minimum Gasteiger partial charge on any atom is -0.309 e. The van der Waals surface area contributed by atoms with Gasteiger partial charge in [-0.3, -0.25) is 4.98 Å². The van der Waals surface area contributed by atoms with Crippen molar-refractivity contribution >= 4 is 34.8 Å². The van der Waals surface area contributed by atoms with Gasteiger partial charge in [0.25, 0.3) is 0 Å². The van der Waals surface area contributed by atoms with Crippen molar-refractivity contribution in [2.75, 3.05) is 6.54 Å². The number of hydrogen-bond donors (Lipinski definition) is 1. The van der Waals surface area contributed by atoms with Crippen LogP contribution in [0.3, 0.4) is 0 Å². The van der Waals surface area contributed by atoms with Crippen molar-refractivity contribution in [3.63, 3.8) is 0 Å².